The molecule has 32 heavy (non-hydrogen) atoms. The van der Waals surface area contributed by atoms with Crippen LogP contribution >= 0.6 is 0 Å². The fourth-order valence-corrected chi connectivity index (χ4v) is 3.52. The second kappa shape index (κ2) is 8.11. The van der Waals surface area contributed by atoms with Crippen molar-refractivity contribution in [2.75, 3.05) is 11.1 Å². The van der Waals surface area contributed by atoms with E-state index in [0.29, 0.717) is 5.82 Å². The van der Waals surface area contributed by atoms with E-state index in [2.05, 4.69) is 38.9 Å². The van der Waals surface area contributed by atoms with Crippen LogP contribution in [0.2, 0.25) is 0 Å². The maximum atomic E-state index is 12.5. The smallest absolute Gasteiger partial charge is 0.231 e. The molecule has 0 aliphatic carbocycles. The average molecular weight is 436 g/mol. The Balaban J connectivity index is 1.50. The van der Waals surface area contributed by atoms with Crippen LogP contribution in [0.1, 0.15) is 56.0 Å². The molecule has 0 aliphatic heterocycles. The third kappa shape index (κ3) is 4.21. The lowest BCUT2D eigenvalue weighted by Gasteiger charge is -2.12. The van der Waals surface area contributed by atoms with Gasteiger partial charge in [0.05, 0.1) is 17.5 Å². The van der Waals surface area contributed by atoms with Crippen molar-refractivity contribution in [2.24, 2.45) is 0 Å². The van der Waals surface area contributed by atoms with Crippen LogP contribution in [0.15, 0.2) is 47.4 Å². The number of benzene rings is 1. The number of nitrogens with two attached hydrogens (primary N) is 1. The molecule has 1 aromatic carbocycles. The molecule has 3 N–H and O–H groups in total. The molecule has 0 aliphatic rings. The third-order valence-corrected chi connectivity index (χ3v) is 5.24. The summed E-state index contributed by atoms with van der Waals surface area (Å²) >= 11 is 0. The number of carbonyl (C=O) groups excluding carboxylic acids is 1. The zero-order chi connectivity index (χ0) is 25.5. The van der Waals surface area contributed by atoms with Gasteiger partial charge < -0.3 is 14.8 Å². The minimum absolute atomic E-state index is 0.107. The Hall–Kier alpha value is -3.68. The van der Waals surface area contributed by atoms with Gasteiger partial charge in [0.1, 0.15) is 17.8 Å². The third-order valence-electron chi connectivity index (χ3n) is 5.24. The zero-order valence-electron chi connectivity index (χ0n) is 21.5. The molecular formula is C24H28N6O2. The molecule has 0 saturated carbocycles. The molecule has 0 unspecified atom stereocenters. The number of nitrogens with zero attached hydrogens (tertiary/aromatic N) is 4. The number of hydrogen-bond donors (Lipinski definition) is 2. The summed E-state index contributed by atoms with van der Waals surface area (Å²) in [5.74, 6) is 0.220. The molecule has 4 rings (SSSR count). The van der Waals surface area contributed by atoms with Crippen LogP contribution in [-0.4, -0.2) is 25.6 Å². The number of anilines is 2. The molecule has 8 heteroatoms. The number of nitrogen functional groups attached to an aromatic ring is 1. The standard InChI is InChI=1S/C24H28N6O2/c1-14(2)30-12-17(21-22(25)26-13-27-23(21)30)16-8-6-15(7-9-16)10-19(31)28-20-11-18(29-32-20)24(3,4)5/h6-9,11-14H,10H2,1-5H3,(H,28,31)(H2,25,26,27)/i3D3. The van der Waals surface area contributed by atoms with Gasteiger partial charge in [-0.1, -0.05) is 50.1 Å². The lowest BCUT2D eigenvalue weighted by atomic mass is 9.92. The summed E-state index contributed by atoms with van der Waals surface area (Å²) in [5, 5.41) is 7.27. The molecule has 0 atom stereocenters. The van der Waals surface area contributed by atoms with Crippen LogP contribution < -0.4 is 11.1 Å². The van der Waals surface area contributed by atoms with Gasteiger partial charge in [-0.15, -0.1) is 0 Å². The fraction of sp³-hybridized carbons (Fsp3) is 0.333. The van der Waals surface area contributed by atoms with E-state index in [0.717, 1.165) is 27.7 Å². The van der Waals surface area contributed by atoms with E-state index < -0.39 is 12.3 Å². The molecule has 1 amide bonds. The summed E-state index contributed by atoms with van der Waals surface area (Å²) in [4.78, 5) is 21.1. The molecule has 8 nitrogen and oxygen atoms in total. The zero-order valence-corrected chi connectivity index (χ0v) is 18.5. The molecule has 0 bridgehead atoms. The Labute approximate surface area is 191 Å². The van der Waals surface area contributed by atoms with Gasteiger partial charge in [0.2, 0.25) is 11.8 Å². The largest absolute Gasteiger partial charge is 0.383 e. The van der Waals surface area contributed by atoms with Crippen molar-refractivity contribution < 1.29 is 13.4 Å². The van der Waals surface area contributed by atoms with Crippen LogP contribution in [0.5, 0.6) is 0 Å². The van der Waals surface area contributed by atoms with Crippen molar-refractivity contribution >= 4 is 28.6 Å². The number of aromatic nitrogens is 4. The Kier molecular flexibility index (Phi) is 4.55. The number of carbonyl (C=O) groups is 1. The molecule has 0 radical (unpaired) electrons. The molecule has 166 valence electrons. The number of rotatable bonds is 5. The quantitative estimate of drug-likeness (QED) is 0.469. The number of fused-ring (bicyclic) bond motifs is 1. The van der Waals surface area contributed by atoms with Crippen LogP contribution in [0.25, 0.3) is 22.2 Å². The van der Waals surface area contributed by atoms with Gasteiger partial charge in [-0.25, -0.2) is 9.97 Å². The van der Waals surface area contributed by atoms with Gasteiger partial charge in [-0.2, -0.15) is 0 Å². The van der Waals surface area contributed by atoms with Crippen molar-refractivity contribution in [3.8, 4) is 11.1 Å². The van der Waals surface area contributed by atoms with E-state index in [4.69, 9.17) is 14.4 Å². The van der Waals surface area contributed by atoms with Crippen molar-refractivity contribution in [3.05, 3.63) is 54.1 Å². The summed E-state index contributed by atoms with van der Waals surface area (Å²) in [6.07, 6.45) is 3.59. The van der Waals surface area contributed by atoms with Gasteiger partial charge in [0.15, 0.2) is 0 Å². The van der Waals surface area contributed by atoms with Gasteiger partial charge in [-0.3, -0.25) is 10.1 Å². The first-order chi connectivity index (χ1) is 16.4. The van der Waals surface area contributed by atoms with E-state index in [1.807, 2.05) is 30.5 Å². The van der Waals surface area contributed by atoms with Crippen molar-refractivity contribution in [1.82, 2.24) is 19.7 Å². The molecule has 0 fully saturated rings. The average Bonchev–Trinajstić information content (AvgIpc) is 3.39. The van der Waals surface area contributed by atoms with Crippen LogP contribution in [0, 0.1) is 0 Å². The Morgan fingerprint density at radius 2 is 2.03 bits per heavy atom. The summed E-state index contributed by atoms with van der Waals surface area (Å²) in [6.45, 7) is 5.01. The summed E-state index contributed by atoms with van der Waals surface area (Å²) in [6, 6.07) is 9.25. The number of hydrogen-bond acceptors (Lipinski definition) is 6. The van der Waals surface area contributed by atoms with Crippen LogP contribution in [-0.2, 0) is 16.6 Å². The SMILES string of the molecule is [2H]C([2H])([2H])C(C)(C)c1cc(NC(=O)Cc2ccc(-c3cn(C(C)C)c4ncnc(N)c34)cc2)on1. The highest BCUT2D eigenvalue weighted by atomic mass is 16.5. The fourth-order valence-electron chi connectivity index (χ4n) is 3.52. The predicted octanol–water partition coefficient (Wildman–Crippen LogP) is 4.73. The van der Waals surface area contributed by atoms with Crippen LogP contribution in [0.4, 0.5) is 11.7 Å². The van der Waals surface area contributed by atoms with Crippen molar-refractivity contribution in [2.45, 2.75) is 52.4 Å². The topological polar surface area (TPSA) is 112 Å². The van der Waals surface area contributed by atoms with E-state index in [-0.39, 0.29) is 29.9 Å². The first-order valence-corrected chi connectivity index (χ1v) is 10.4. The van der Waals surface area contributed by atoms with E-state index in [9.17, 15) is 4.79 Å². The Morgan fingerprint density at radius 1 is 1.28 bits per heavy atom. The second-order valence-corrected chi connectivity index (χ2v) is 8.62. The second-order valence-electron chi connectivity index (χ2n) is 8.62. The predicted molar refractivity (Wildman–Crippen MR) is 125 cm³/mol. The molecule has 0 spiro atoms. The van der Waals surface area contributed by atoms with E-state index in [1.54, 1.807) is 13.8 Å². The number of amides is 1. The minimum atomic E-state index is -2.26. The monoisotopic (exact) mass is 435 g/mol. The van der Waals surface area contributed by atoms with Gasteiger partial charge in [-0.05, 0) is 25.0 Å². The lowest BCUT2D eigenvalue weighted by molar-refractivity contribution is -0.115. The van der Waals surface area contributed by atoms with Gasteiger partial charge in [0.25, 0.3) is 0 Å². The first-order valence-electron chi connectivity index (χ1n) is 11.9. The van der Waals surface area contributed by atoms with E-state index >= 15 is 0 Å². The van der Waals surface area contributed by atoms with Gasteiger partial charge in [0, 0.05) is 33.4 Å². The van der Waals surface area contributed by atoms with E-state index in [1.165, 1.54) is 12.4 Å². The lowest BCUT2D eigenvalue weighted by Crippen LogP contribution is -2.14. The van der Waals surface area contributed by atoms with Gasteiger partial charge >= 0.3 is 0 Å². The molecular weight excluding hydrogens is 404 g/mol. The number of nitrogens with one attached hydrogen (secondary N) is 1. The van der Waals surface area contributed by atoms with Crippen molar-refractivity contribution in [1.29, 1.82) is 0 Å². The highest BCUT2D eigenvalue weighted by molar-refractivity contribution is 6.00. The minimum Gasteiger partial charge on any atom is -0.383 e. The summed E-state index contributed by atoms with van der Waals surface area (Å²) in [5.41, 5.74) is 8.65. The normalized spacial score (nSPS) is 13.7. The summed E-state index contributed by atoms with van der Waals surface area (Å²) < 4.78 is 30.2. The molecule has 3 aromatic heterocycles. The maximum absolute atomic E-state index is 12.5. The van der Waals surface area contributed by atoms with Crippen molar-refractivity contribution in [3.63, 3.8) is 0 Å². The molecule has 3 heterocycles. The summed E-state index contributed by atoms with van der Waals surface area (Å²) in [7, 11) is 0. The molecule has 0 saturated heterocycles. The first kappa shape index (κ1) is 17.9. The molecule has 4 aromatic rings. The Bertz CT molecular complexity index is 1370. The highest BCUT2D eigenvalue weighted by Crippen LogP contribution is 2.34. The maximum Gasteiger partial charge on any atom is 0.231 e. The highest BCUT2D eigenvalue weighted by Gasteiger charge is 2.20. The Morgan fingerprint density at radius 3 is 2.72 bits per heavy atom. The van der Waals surface area contributed by atoms with Crippen LogP contribution in [0.3, 0.4) is 0 Å².